The third-order valence-electron chi connectivity index (χ3n) is 4.93. The van der Waals surface area contributed by atoms with E-state index >= 15 is 0 Å². The van der Waals surface area contributed by atoms with Crippen LogP contribution in [0.4, 0.5) is 5.69 Å². The van der Waals surface area contributed by atoms with Gasteiger partial charge in [0.05, 0.1) is 10.5 Å². The van der Waals surface area contributed by atoms with Crippen LogP contribution in [0.15, 0.2) is 76.6 Å². The largest absolute Gasteiger partial charge is 0.489 e. The Bertz CT molecular complexity index is 1350. The van der Waals surface area contributed by atoms with Crippen LogP contribution in [-0.2, 0) is 11.4 Å². The lowest BCUT2D eigenvalue weighted by atomic mass is 10.1. The third-order valence-corrected chi connectivity index (χ3v) is 6.08. The number of nitrogens with zero attached hydrogens (tertiary/aromatic N) is 1. The van der Waals surface area contributed by atoms with E-state index in [-0.39, 0.29) is 22.1 Å². The lowest BCUT2D eigenvalue weighted by molar-refractivity contribution is -0.113. The number of amidine groups is 1. The zero-order chi connectivity index (χ0) is 24.9. The Hall–Kier alpha value is -3.88. The number of carbonyl (C=O) groups excluding carboxylic acids is 2. The Morgan fingerprint density at radius 2 is 1.83 bits per heavy atom. The van der Waals surface area contributed by atoms with Crippen LogP contribution in [0, 0.1) is 0 Å². The van der Waals surface area contributed by atoms with E-state index in [9.17, 15) is 19.5 Å². The molecule has 0 saturated carbocycles. The van der Waals surface area contributed by atoms with Gasteiger partial charge in [0, 0.05) is 16.3 Å². The number of nitrogens with one attached hydrogen (secondary N) is 1. The van der Waals surface area contributed by atoms with Crippen molar-refractivity contribution in [3.63, 3.8) is 0 Å². The molecular formula is C26H19ClN2O5S. The minimum absolute atomic E-state index is 0.0405. The highest BCUT2D eigenvalue weighted by atomic mass is 35.5. The highest BCUT2D eigenvalue weighted by Crippen LogP contribution is 2.30. The Balaban J connectivity index is 1.45. The van der Waals surface area contributed by atoms with Gasteiger partial charge in [0.2, 0.25) is 0 Å². The van der Waals surface area contributed by atoms with Crippen molar-refractivity contribution < 1.29 is 24.2 Å². The maximum atomic E-state index is 12.4. The molecule has 35 heavy (non-hydrogen) atoms. The van der Waals surface area contributed by atoms with Crippen molar-refractivity contribution in [1.29, 1.82) is 0 Å². The summed E-state index contributed by atoms with van der Waals surface area (Å²) < 4.78 is 5.84. The molecule has 2 N–H and O–H groups in total. The number of hydrogen-bond acceptors (Lipinski definition) is 6. The number of anilines is 1. The zero-order valence-corrected chi connectivity index (χ0v) is 20.0. The predicted octanol–water partition coefficient (Wildman–Crippen LogP) is 5.90. The molecule has 0 aliphatic carbocycles. The summed E-state index contributed by atoms with van der Waals surface area (Å²) in [7, 11) is 0. The summed E-state index contributed by atoms with van der Waals surface area (Å²) in [4.78, 5) is 40.0. The van der Waals surface area contributed by atoms with Crippen LogP contribution in [0.1, 0.15) is 38.8 Å². The molecule has 0 aromatic heterocycles. The van der Waals surface area contributed by atoms with Crippen molar-refractivity contribution in [2.45, 2.75) is 13.5 Å². The van der Waals surface area contributed by atoms with E-state index in [1.165, 1.54) is 25.1 Å². The van der Waals surface area contributed by atoms with Crippen molar-refractivity contribution in [3.05, 3.63) is 98.9 Å². The summed E-state index contributed by atoms with van der Waals surface area (Å²) in [6.45, 7) is 1.73. The Kier molecular flexibility index (Phi) is 7.33. The lowest BCUT2D eigenvalue weighted by Crippen LogP contribution is -2.08. The average molecular weight is 507 g/mol. The quantitative estimate of drug-likeness (QED) is 0.303. The summed E-state index contributed by atoms with van der Waals surface area (Å²) in [5, 5.41) is 13.2. The SMILES string of the molecule is CC(=O)c1cc(NC2=NC(=O)/C(=C/c3cccc(OCc4ccc(Cl)cc4)c3)S2)cc(C(=O)O)c1. The van der Waals surface area contributed by atoms with E-state index in [0.717, 1.165) is 22.9 Å². The van der Waals surface area contributed by atoms with Crippen molar-refractivity contribution >= 4 is 58.0 Å². The fourth-order valence-corrected chi connectivity index (χ4v) is 4.17. The number of hydrogen-bond donors (Lipinski definition) is 2. The molecule has 176 valence electrons. The first-order valence-corrected chi connectivity index (χ1v) is 11.6. The number of benzene rings is 3. The van der Waals surface area contributed by atoms with Crippen LogP contribution in [-0.4, -0.2) is 27.9 Å². The first-order valence-electron chi connectivity index (χ1n) is 10.4. The van der Waals surface area contributed by atoms with E-state index in [2.05, 4.69) is 10.3 Å². The minimum Gasteiger partial charge on any atom is -0.489 e. The van der Waals surface area contributed by atoms with Gasteiger partial charge in [-0.15, -0.1) is 0 Å². The molecule has 1 aliphatic rings. The van der Waals surface area contributed by atoms with Crippen molar-refractivity contribution in [1.82, 2.24) is 0 Å². The molecule has 0 radical (unpaired) electrons. The summed E-state index contributed by atoms with van der Waals surface area (Å²) in [5.41, 5.74) is 2.30. The van der Waals surface area contributed by atoms with Crippen LogP contribution in [0.3, 0.4) is 0 Å². The molecule has 0 fully saturated rings. The molecule has 0 unspecified atom stereocenters. The molecular weight excluding hydrogens is 488 g/mol. The second kappa shape index (κ2) is 10.6. The minimum atomic E-state index is -1.16. The van der Waals surface area contributed by atoms with Gasteiger partial charge in [-0.3, -0.25) is 9.59 Å². The normalized spacial score (nSPS) is 14.1. The standard InChI is InChI=1S/C26H19ClN2O5S/c1-15(30)18-11-19(25(32)33)13-21(12-18)28-26-29-24(31)23(35-26)10-17-3-2-4-22(9-17)34-14-16-5-7-20(27)8-6-16/h2-13H,14H2,1H3,(H,32,33)(H,28,29,31)/b23-10-. The monoisotopic (exact) mass is 506 g/mol. The molecule has 1 aliphatic heterocycles. The number of ether oxygens (including phenoxy) is 1. The number of carbonyl (C=O) groups is 3. The van der Waals surface area contributed by atoms with Crippen molar-refractivity contribution in [2.24, 2.45) is 4.99 Å². The van der Waals surface area contributed by atoms with Crippen molar-refractivity contribution in [3.8, 4) is 5.75 Å². The van der Waals surface area contributed by atoms with Crippen molar-refractivity contribution in [2.75, 3.05) is 5.32 Å². The average Bonchev–Trinajstić information content (AvgIpc) is 3.16. The van der Waals surface area contributed by atoms with Crippen LogP contribution in [0.25, 0.3) is 6.08 Å². The summed E-state index contributed by atoms with van der Waals surface area (Å²) >= 11 is 7.03. The molecule has 3 aromatic carbocycles. The molecule has 0 spiro atoms. The van der Waals surface area contributed by atoms with E-state index in [1.54, 1.807) is 18.2 Å². The van der Waals surface area contributed by atoms with Crippen LogP contribution < -0.4 is 10.1 Å². The fraction of sp³-hybridized carbons (Fsp3) is 0.0769. The number of halogens is 1. The summed E-state index contributed by atoms with van der Waals surface area (Å²) in [6, 6.07) is 18.9. The molecule has 1 heterocycles. The van der Waals surface area contributed by atoms with E-state index in [4.69, 9.17) is 16.3 Å². The molecule has 3 aromatic rings. The van der Waals surface area contributed by atoms with E-state index < -0.39 is 11.9 Å². The van der Waals surface area contributed by atoms with E-state index in [0.29, 0.717) is 28.0 Å². The number of ketones is 1. The number of aromatic carboxylic acids is 1. The summed E-state index contributed by atoms with van der Waals surface area (Å²) in [5.74, 6) is -1.21. The van der Waals surface area contributed by atoms with Crippen LogP contribution >= 0.6 is 23.4 Å². The number of carboxylic acids is 1. The molecule has 1 amide bonds. The number of amides is 1. The van der Waals surface area contributed by atoms with Gasteiger partial charge in [0.1, 0.15) is 12.4 Å². The predicted molar refractivity (Wildman–Crippen MR) is 137 cm³/mol. The topological polar surface area (TPSA) is 105 Å². The van der Waals surface area contributed by atoms with Gasteiger partial charge in [0.25, 0.3) is 5.91 Å². The maximum Gasteiger partial charge on any atom is 0.335 e. The van der Waals surface area contributed by atoms with Gasteiger partial charge in [-0.25, -0.2) is 4.79 Å². The first kappa shape index (κ1) is 24.3. The second-order valence-corrected chi connectivity index (χ2v) is 9.07. The zero-order valence-electron chi connectivity index (χ0n) is 18.4. The van der Waals surface area contributed by atoms with Gasteiger partial charge in [-0.1, -0.05) is 35.9 Å². The lowest BCUT2D eigenvalue weighted by Gasteiger charge is -2.08. The number of rotatable bonds is 7. The highest BCUT2D eigenvalue weighted by Gasteiger charge is 2.22. The molecule has 4 rings (SSSR count). The summed E-state index contributed by atoms with van der Waals surface area (Å²) in [6.07, 6.45) is 1.70. The highest BCUT2D eigenvalue weighted by molar-refractivity contribution is 8.18. The van der Waals surface area contributed by atoms with Gasteiger partial charge in [-0.05, 0) is 78.4 Å². The molecule has 0 bridgehead atoms. The fourth-order valence-electron chi connectivity index (χ4n) is 3.21. The molecule has 9 heteroatoms. The van der Waals surface area contributed by atoms with Crippen LogP contribution in [0.5, 0.6) is 5.75 Å². The smallest absolute Gasteiger partial charge is 0.335 e. The molecule has 0 saturated heterocycles. The van der Waals surface area contributed by atoms with Gasteiger partial charge < -0.3 is 15.2 Å². The number of aliphatic imine (C=N–C) groups is 1. The Morgan fingerprint density at radius 3 is 2.54 bits per heavy atom. The van der Waals surface area contributed by atoms with E-state index in [1.807, 2.05) is 36.4 Å². The number of thioether (sulfide) groups is 1. The Labute approximate surface area is 210 Å². The Morgan fingerprint density at radius 1 is 1.09 bits per heavy atom. The van der Waals surface area contributed by atoms with Crippen LogP contribution in [0.2, 0.25) is 5.02 Å². The van der Waals surface area contributed by atoms with Gasteiger partial charge >= 0.3 is 5.97 Å². The third kappa shape index (κ3) is 6.38. The number of Topliss-reactive ketones (excluding diaryl/α,β-unsaturated/α-hetero) is 1. The van der Waals surface area contributed by atoms with Gasteiger partial charge in [0.15, 0.2) is 11.0 Å². The number of carboxylic acid groups (broad SMARTS) is 1. The second-order valence-electron chi connectivity index (χ2n) is 7.61. The van der Waals surface area contributed by atoms with Gasteiger partial charge in [-0.2, -0.15) is 4.99 Å². The molecule has 0 atom stereocenters. The molecule has 7 nitrogen and oxygen atoms in total. The maximum absolute atomic E-state index is 12.4. The first-order chi connectivity index (χ1) is 16.8.